The van der Waals surface area contributed by atoms with E-state index in [-0.39, 0.29) is 18.2 Å². The molecule has 4 nitrogen and oxygen atoms in total. The topological polar surface area (TPSA) is 40.6 Å². The first-order valence-electron chi connectivity index (χ1n) is 4.81. The van der Waals surface area contributed by atoms with Gasteiger partial charge in [0.2, 0.25) is 0 Å². The average molecular weight is 184 g/mol. The van der Waals surface area contributed by atoms with Crippen LogP contribution >= 0.6 is 0 Å². The molecule has 0 aromatic carbocycles. The van der Waals surface area contributed by atoms with Crippen LogP contribution in [-0.4, -0.2) is 34.9 Å². The number of hydrazine groups is 1. The third kappa shape index (κ3) is 1.99. The van der Waals surface area contributed by atoms with Crippen LogP contribution in [0.5, 0.6) is 0 Å². The molecule has 0 atom stereocenters. The maximum absolute atomic E-state index is 11.3. The molecule has 4 heteroatoms. The molecule has 74 valence electrons. The molecule has 1 aliphatic rings. The third-order valence-electron chi connectivity index (χ3n) is 2.04. The molecule has 0 bridgehead atoms. The highest BCUT2D eigenvalue weighted by molar-refractivity contribution is 6.02. The van der Waals surface area contributed by atoms with E-state index in [1.54, 1.807) is 10.0 Å². The molecule has 0 aliphatic carbocycles. The van der Waals surface area contributed by atoms with E-state index in [1.807, 2.05) is 13.8 Å². The van der Waals surface area contributed by atoms with Crippen LogP contribution in [0, 0.1) is 0 Å². The molecule has 2 amide bonds. The van der Waals surface area contributed by atoms with Gasteiger partial charge in [-0.2, -0.15) is 0 Å². The summed E-state index contributed by atoms with van der Waals surface area (Å²) in [5.74, 6) is -0.111. The van der Waals surface area contributed by atoms with Crippen molar-refractivity contribution >= 4 is 11.8 Å². The summed E-state index contributed by atoms with van der Waals surface area (Å²) in [6.45, 7) is 5.32. The number of nitrogens with zero attached hydrogens (tertiary/aromatic N) is 2. The van der Waals surface area contributed by atoms with Crippen LogP contribution in [0.4, 0.5) is 0 Å². The zero-order valence-corrected chi connectivity index (χ0v) is 8.25. The summed E-state index contributed by atoms with van der Waals surface area (Å²) in [5.41, 5.74) is 0. The number of amides is 2. The Bertz CT molecular complexity index is 194. The summed E-state index contributed by atoms with van der Waals surface area (Å²) in [4.78, 5) is 22.6. The second-order valence-electron chi connectivity index (χ2n) is 3.21. The van der Waals surface area contributed by atoms with Gasteiger partial charge in [-0.15, -0.1) is 0 Å². The smallest absolute Gasteiger partial charge is 0.250 e. The quantitative estimate of drug-likeness (QED) is 0.606. The minimum Gasteiger partial charge on any atom is -0.272 e. The Hall–Kier alpha value is -1.06. The predicted molar refractivity (Wildman–Crippen MR) is 48.6 cm³/mol. The van der Waals surface area contributed by atoms with Gasteiger partial charge in [0.05, 0.1) is 0 Å². The van der Waals surface area contributed by atoms with Gasteiger partial charge in [0.1, 0.15) is 6.42 Å². The molecule has 0 saturated carbocycles. The van der Waals surface area contributed by atoms with Gasteiger partial charge in [-0.05, 0) is 12.8 Å². The minimum absolute atomic E-state index is 0.0553. The molecule has 1 fully saturated rings. The van der Waals surface area contributed by atoms with Crippen molar-refractivity contribution in [1.29, 1.82) is 0 Å². The fourth-order valence-corrected chi connectivity index (χ4v) is 1.50. The summed E-state index contributed by atoms with van der Waals surface area (Å²) in [6, 6.07) is 0. The van der Waals surface area contributed by atoms with Gasteiger partial charge < -0.3 is 0 Å². The summed E-state index contributed by atoms with van der Waals surface area (Å²) < 4.78 is 0. The van der Waals surface area contributed by atoms with Crippen LogP contribution in [0.25, 0.3) is 0 Å². The number of hydrogen-bond acceptors (Lipinski definition) is 2. The zero-order valence-electron chi connectivity index (χ0n) is 8.25. The van der Waals surface area contributed by atoms with Crippen LogP contribution < -0.4 is 0 Å². The van der Waals surface area contributed by atoms with Gasteiger partial charge in [-0.3, -0.25) is 19.6 Å². The van der Waals surface area contributed by atoms with Gasteiger partial charge in [0.25, 0.3) is 11.8 Å². The number of carbonyl (C=O) groups is 2. The van der Waals surface area contributed by atoms with E-state index >= 15 is 0 Å². The number of carbonyl (C=O) groups excluding carboxylic acids is 2. The van der Waals surface area contributed by atoms with E-state index in [2.05, 4.69) is 0 Å². The Morgan fingerprint density at radius 2 is 1.38 bits per heavy atom. The number of hydrogen-bond donors (Lipinski definition) is 0. The molecule has 1 aliphatic heterocycles. The Balaban J connectivity index is 2.65. The maximum atomic E-state index is 11.3. The first-order chi connectivity index (χ1) is 6.20. The Kier molecular flexibility index (Phi) is 3.28. The first kappa shape index (κ1) is 10.0. The molecular formula is C9H16N2O2. The maximum Gasteiger partial charge on any atom is 0.250 e. The van der Waals surface area contributed by atoms with Crippen LogP contribution in [0.3, 0.4) is 0 Å². The normalized spacial score (nSPS) is 17.4. The fourth-order valence-electron chi connectivity index (χ4n) is 1.50. The average Bonchev–Trinajstić information content (AvgIpc) is 2.33. The highest BCUT2D eigenvalue weighted by atomic mass is 16.2. The summed E-state index contributed by atoms with van der Waals surface area (Å²) in [6.07, 6.45) is 1.83. The highest BCUT2D eigenvalue weighted by Gasteiger charge is 2.33. The zero-order chi connectivity index (χ0) is 9.84. The Labute approximate surface area is 78.5 Å². The second kappa shape index (κ2) is 4.25. The fraction of sp³-hybridized carbons (Fsp3) is 0.778. The summed E-state index contributed by atoms with van der Waals surface area (Å²) >= 11 is 0. The van der Waals surface area contributed by atoms with E-state index in [0.717, 1.165) is 12.8 Å². The third-order valence-corrected chi connectivity index (χ3v) is 2.04. The van der Waals surface area contributed by atoms with Crippen molar-refractivity contribution < 1.29 is 9.59 Å². The van der Waals surface area contributed by atoms with E-state index in [9.17, 15) is 9.59 Å². The van der Waals surface area contributed by atoms with E-state index in [4.69, 9.17) is 0 Å². The lowest BCUT2D eigenvalue weighted by atomic mass is 10.4. The molecule has 0 unspecified atom stereocenters. The van der Waals surface area contributed by atoms with Crippen LogP contribution in [0.1, 0.15) is 33.1 Å². The molecule has 1 rings (SSSR count). The standard InChI is InChI=1S/C9H16N2O2/c1-3-5-10-8(12)7-9(13)11(10)6-4-2/h3-7H2,1-2H3. The van der Waals surface area contributed by atoms with E-state index < -0.39 is 0 Å². The van der Waals surface area contributed by atoms with E-state index in [1.165, 1.54) is 0 Å². The molecule has 0 aromatic rings. The van der Waals surface area contributed by atoms with Gasteiger partial charge in [-0.1, -0.05) is 13.8 Å². The highest BCUT2D eigenvalue weighted by Crippen LogP contribution is 2.14. The molecule has 1 heterocycles. The lowest BCUT2D eigenvalue weighted by molar-refractivity contribution is -0.146. The molecule has 0 aromatic heterocycles. The van der Waals surface area contributed by atoms with Crippen molar-refractivity contribution in [2.24, 2.45) is 0 Å². The lowest BCUT2D eigenvalue weighted by Gasteiger charge is -2.26. The molecular weight excluding hydrogens is 168 g/mol. The molecule has 0 radical (unpaired) electrons. The van der Waals surface area contributed by atoms with Gasteiger partial charge in [-0.25, -0.2) is 0 Å². The van der Waals surface area contributed by atoms with Crippen molar-refractivity contribution in [1.82, 2.24) is 10.0 Å². The SMILES string of the molecule is CCCN1C(=O)CC(=O)N1CCC. The minimum atomic E-state index is -0.0553. The predicted octanol–water partition coefficient (Wildman–Crippen LogP) is 0.782. The van der Waals surface area contributed by atoms with Crippen molar-refractivity contribution in [2.45, 2.75) is 33.1 Å². The summed E-state index contributed by atoms with van der Waals surface area (Å²) in [7, 11) is 0. The van der Waals surface area contributed by atoms with Crippen LogP contribution in [0.15, 0.2) is 0 Å². The second-order valence-corrected chi connectivity index (χ2v) is 3.21. The Morgan fingerprint density at radius 3 is 1.69 bits per heavy atom. The monoisotopic (exact) mass is 184 g/mol. The van der Waals surface area contributed by atoms with Crippen molar-refractivity contribution in [3.05, 3.63) is 0 Å². The van der Waals surface area contributed by atoms with E-state index in [0.29, 0.717) is 13.1 Å². The number of rotatable bonds is 4. The summed E-state index contributed by atoms with van der Waals surface area (Å²) in [5, 5.41) is 3.15. The molecule has 0 N–H and O–H groups in total. The largest absolute Gasteiger partial charge is 0.272 e. The van der Waals surface area contributed by atoms with Gasteiger partial charge >= 0.3 is 0 Å². The van der Waals surface area contributed by atoms with Crippen LogP contribution in [-0.2, 0) is 9.59 Å². The lowest BCUT2D eigenvalue weighted by Crippen LogP contribution is -2.41. The Morgan fingerprint density at radius 1 is 1.00 bits per heavy atom. The van der Waals surface area contributed by atoms with Crippen molar-refractivity contribution in [3.8, 4) is 0 Å². The van der Waals surface area contributed by atoms with Gasteiger partial charge in [0.15, 0.2) is 0 Å². The molecule has 1 saturated heterocycles. The first-order valence-corrected chi connectivity index (χ1v) is 4.81. The molecule has 13 heavy (non-hydrogen) atoms. The molecule has 0 spiro atoms. The van der Waals surface area contributed by atoms with Crippen LogP contribution in [0.2, 0.25) is 0 Å². The van der Waals surface area contributed by atoms with Gasteiger partial charge in [0, 0.05) is 13.1 Å². The van der Waals surface area contributed by atoms with Crippen molar-refractivity contribution in [3.63, 3.8) is 0 Å². The van der Waals surface area contributed by atoms with Crippen molar-refractivity contribution in [2.75, 3.05) is 13.1 Å².